The van der Waals surface area contributed by atoms with E-state index in [1.807, 2.05) is 4.90 Å². The Hall–Kier alpha value is -0.460. The van der Waals surface area contributed by atoms with Crippen LogP contribution in [0.4, 0.5) is 0 Å². The van der Waals surface area contributed by atoms with Gasteiger partial charge in [0.15, 0.2) is 11.1 Å². The van der Waals surface area contributed by atoms with Crippen LogP contribution in [-0.4, -0.2) is 38.0 Å². The van der Waals surface area contributed by atoms with Gasteiger partial charge in [-0.2, -0.15) is 0 Å². The third kappa shape index (κ3) is 2.76. The number of hydrogen-bond acceptors (Lipinski definition) is 3. The van der Waals surface area contributed by atoms with Gasteiger partial charge in [0, 0.05) is 19.0 Å². The van der Waals surface area contributed by atoms with Gasteiger partial charge in [-0.1, -0.05) is 0 Å². The minimum Gasteiger partial charge on any atom is -0.369 e. The van der Waals surface area contributed by atoms with E-state index in [-0.39, 0.29) is 17.2 Å². The van der Waals surface area contributed by atoms with Gasteiger partial charge in [-0.15, -0.1) is 0 Å². The molecule has 0 bridgehead atoms. The number of carbonyl (C=O) groups excluding carboxylic acids is 1. The zero-order chi connectivity index (χ0) is 10.7. The molecule has 0 aliphatic carbocycles. The number of nitrogens with zero attached hydrogens (tertiary/aromatic N) is 1. The van der Waals surface area contributed by atoms with Crippen LogP contribution >= 0.6 is 0 Å². The molecular formula is C8H16N2O3S. The summed E-state index contributed by atoms with van der Waals surface area (Å²) in [5.74, 6) is -0.326. The average Bonchev–Trinajstić information content (AvgIpc) is 2.16. The molecule has 14 heavy (non-hydrogen) atoms. The summed E-state index contributed by atoms with van der Waals surface area (Å²) in [7, 11) is 0. The molecule has 1 fully saturated rings. The van der Waals surface area contributed by atoms with Gasteiger partial charge in [-0.05, 0) is 19.8 Å². The lowest BCUT2D eigenvalue weighted by atomic mass is 9.96. The predicted octanol–water partition coefficient (Wildman–Crippen LogP) is -0.249. The standard InChI is InChI=1S/C8H16N2O3S/c1-6(14(12)13)10-4-2-7(3-5-10)8(9)11/h6-7H,2-5H2,1H3,(H2,9,11)(H,12,13). The molecule has 82 valence electrons. The average molecular weight is 220 g/mol. The molecule has 5 nitrogen and oxygen atoms in total. The maximum atomic E-state index is 10.9. The van der Waals surface area contributed by atoms with Crippen molar-refractivity contribution in [3.63, 3.8) is 0 Å². The summed E-state index contributed by atoms with van der Waals surface area (Å²) >= 11 is -1.82. The lowest BCUT2D eigenvalue weighted by Crippen LogP contribution is -2.44. The number of carbonyl (C=O) groups is 1. The van der Waals surface area contributed by atoms with Crippen molar-refractivity contribution in [3.05, 3.63) is 0 Å². The van der Waals surface area contributed by atoms with Crippen LogP contribution in [0.5, 0.6) is 0 Å². The fourth-order valence-corrected chi connectivity index (χ4v) is 2.14. The Balaban J connectivity index is 2.43. The van der Waals surface area contributed by atoms with Crippen LogP contribution in [0.2, 0.25) is 0 Å². The van der Waals surface area contributed by atoms with Gasteiger partial charge < -0.3 is 10.3 Å². The fourth-order valence-electron chi connectivity index (χ4n) is 1.68. The highest BCUT2D eigenvalue weighted by Crippen LogP contribution is 2.19. The molecule has 1 heterocycles. The number of primary amides is 1. The number of nitrogens with two attached hydrogens (primary N) is 1. The zero-order valence-electron chi connectivity index (χ0n) is 8.18. The Kier molecular flexibility index (Phi) is 4.03. The third-order valence-electron chi connectivity index (χ3n) is 2.74. The van der Waals surface area contributed by atoms with Crippen LogP contribution in [0.3, 0.4) is 0 Å². The molecule has 1 amide bonds. The molecule has 2 atom stereocenters. The van der Waals surface area contributed by atoms with Crippen molar-refractivity contribution in [2.45, 2.75) is 25.1 Å². The van der Waals surface area contributed by atoms with Gasteiger partial charge >= 0.3 is 0 Å². The van der Waals surface area contributed by atoms with Crippen LogP contribution in [0.15, 0.2) is 0 Å². The molecule has 0 saturated carbocycles. The van der Waals surface area contributed by atoms with E-state index < -0.39 is 11.1 Å². The molecule has 0 radical (unpaired) electrons. The Morgan fingerprint density at radius 1 is 1.57 bits per heavy atom. The van der Waals surface area contributed by atoms with Gasteiger partial charge in [-0.25, -0.2) is 4.21 Å². The molecule has 1 saturated heterocycles. The monoisotopic (exact) mass is 220 g/mol. The number of rotatable bonds is 3. The van der Waals surface area contributed by atoms with Crippen molar-refractivity contribution in [2.75, 3.05) is 13.1 Å². The Morgan fingerprint density at radius 2 is 2.07 bits per heavy atom. The van der Waals surface area contributed by atoms with Gasteiger partial charge in [0.2, 0.25) is 5.91 Å². The summed E-state index contributed by atoms with van der Waals surface area (Å²) in [5.41, 5.74) is 5.18. The van der Waals surface area contributed by atoms with Crippen LogP contribution < -0.4 is 5.73 Å². The number of hydrogen-bond donors (Lipinski definition) is 2. The first-order chi connectivity index (χ1) is 6.52. The second-order valence-electron chi connectivity index (χ2n) is 3.59. The molecule has 0 spiro atoms. The summed E-state index contributed by atoms with van der Waals surface area (Å²) in [6, 6.07) is 0. The van der Waals surface area contributed by atoms with Gasteiger partial charge in [0.1, 0.15) is 5.37 Å². The number of amides is 1. The SMILES string of the molecule is CC(N1CCC(C(N)=O)CC1)S(=O)O. The first-order valence-corrected chi connectivity index (χ1v) is 5.82. The quantitative estimate of drug-likeness (QED) is 0.642. The highest BCUT2D eigenvalue weighted by Gasteiger charge is 2.27. The summed E-state index contributed by atoms with van der Waals surface area (Å²) in [6.07, 6.45) is 1.38. The van der Waals surface area contributed by atoms with E-state index in [4.69, 9.17) is 10.3 Å². The van der Waals surface area contributed by atoms with Crippen molar-refractivity contribution in [2.24, 2.45) is 11.7 Å². The highest BCUT2D eigenvalue weighted by atomic mass is 32.2. The maximum Gasteiger partial charge on any atom is 0.220 e. The Bertz CT molecular complexity index is 239. The van der Waals surface area contributed by atoms with Crippen molar-refractivity contribution < 1.29 is 13.6 Å². The van der Waals surface area contributed by atoms with E-state index in [2.05, 4.69) is 0 Å². The molecule has 3 N–H and O–H groups in total. The predicted molar refractivity (Wildman–Crippen MR) is 53.7 cm³/mol. The molecule has 2 unspecified atom stereocenters. The lowest BCUT2D eigenvalue weighted by molar-refractivity contribution is -0.123. The highest BCUT2D eigenvalue weighted by molar-refractivity contribution is 7.79. The fraction of sp³-hybridized carbons (Fsp3) is 0.875. The number of likely N-dealkylation sites (tertiary alicyclic amines) is 1. The summed E-state index contributed by atoms with van der Waals surface area (Å²) in [4.78, 5) is 12.8. The van der Waals surface area contributed by atoms with E-state index in [0.717, 1.165) is 0 Å². The van der Waals surface area contributed by atoms with Crippen molar-refractivity contribution in [3.8, 4) is 0 Å². The van der Waals surface area contributed by atoms with E-state index in [0.29, 0.717) is 25.9 Å². The van der Waals surface area contributed by atoms with Crippen molar-refractivity contribution >= 4 is 17.0 Å². The summed E-state index contributed by atoms with van der Waals surface area (Å²) in [6.45, 7) is 3.04. The molecular weight excluding hydrogens is 204 g/mol. The van der Waals surface area contributed by atoms with E-state index >= 15 is 0 Å². The van der Waals surface area contributed by atoms with Crippen molar-refractivity contribution in [1.82, 2.24) is 4.90 Å². The van der Waals surface area contributed by atoms with Crippen LogP contribution in [0.25, 0.3) is 0 Å². The normalized spacial score (nSPS) is 24.4. The van der Waals surface area contributed by atoms with E-state index in [9.17, 15) is 9.00 Å². The van der Waals surface area contributed by atoms with Gasteiger partial charge in [-0.3, -0.25) is 9.69 Å². The zero-order valence-corrected chi connectivity index (χ0v) is 9.00. The number of piperidine rings is 1. The largest absolute Gasteiger partial charge is 0.369 e. The molecule has 0 aromatic carbocycles. The molecule has 0 aromatic rings. The van der Waals surface area contributed by atoms with Crippen molar-refractivity contribution in [1.29, 1.82) is 0 Å². The first kappa shape index (κ1) is 11.6. The first-order valence-electron chi connectivity index (χ1n) is 4.65. The Morgan fingerprint density at radius 3 is 2.43 bits per heavy atom. The second kappa shape index (κ2) is 4.86. The Labute approximate surface area is 85.9 Å². The lowest BCUT2D eigenvalue weighted by Gasteiger charge is -2.33. The molecule has 1 rings (SSSR count). The van der Waals surface area contributed by atoms with Gasteiger partial charge in [0.05, 0.1) is 0 Å². The minimum atomic E-state index is -1.82. The van der Waals surface area contributed by atoms with Crippen LogP contribution in [0.1, 0.15) is 19.8 Å². The molecule has 1 aliphatic heterocycles. The smallest absolute Gasteiger partial charge is 0.220 e. The van der Waals surface area contributed by atoms with Crippen LogP contribution in [0, 0.1) is 5.92 Å². The van der Waals surface area contributed by atoms with Gasteiger partial charge in [0.25, 0.3) is 0 Å². The summed E-state index contributed by atoms with van der Waals surface area (Å²) < 4.78 is 19.7. The summed E-state index contributed by atoms with van der Waals surface area (Å²) in [5, 5.41) is -0.358. The molecule has 6 heteroatoms. The second-order valence-corrected chi connectivity index (χ2v) is 4.82. The molecule has 1 aliphatic rings. The van der Waals surface area contributed by atoms with Crippen LogP contribution in [-0.2, 0) is 15.9 Å². The van der Waals surface area contributed by atoms with E-state index in [1.165, 1.54) is 0 Å². The third-order valence-corrected chi connectivity index (χ3v) is 3.62. The van der Waals surface area contributed by atoms with E-state index in [1.54, 1.807) is 6.92 Å². The maximum absolute atomic E-state index is 10.9. The minimum absolute atomic E-state index is 0.0643. The molecule has 0 aromatic heterocycles. The topological polar surface area (TPSA) is 83.6 Å².